The first-order valence-corrected chi connectivity index (χ1v) is 9.85. The first-order chi connectivity index (χ1) is 13.9. The minimum atomic E-state index is -0.148. The van der Waals surface area contributed by atoms with E-state index in [0.717, 1.165) is 11.1 Å². The van der Waals surface area contributed by atoms with E-state index < -0.39 is 0 Å². The highest BCUT2D eigenvalue weighted by molar-refractivity contribution is 5.74. The van der Waals surface area contributed by atoms with Crippen LogP contribution in [0.4, 0.5) is 4.79 Å². The molecule has 0 radical (unpaired) electrons. The van der Waals surface area contributed by atoms with E-state index in [4.69, 9.17) is 14.2 Å². The zero-order valence-corrected chi connectivity index (χ0v) is 18.2. The van der Waals surface area contributed by atoms with E-state index in [9.17, 15) is 4.79 Å². The molecule has 2 rings (SSSR count). The molecule has 29 heavy (non-hydrogen) atoms. The van der Waals surface area contributed by atoms with Crippen LogP contribution in [0.1, 0.15) is 43.4 Å². The molecule has 0 spiro atoms. The molecule has 6 heteroatoms. The van der Waals surface area contributed by atoms with Gasteiger partial charge in [0.1, 0.15) is 0 Å². The predicted molar refractivity (Wildman–Crippen MR) is 115 cm³/mol. The van der Waals surface area contributed by atoms with E-state index >= 15 is 0 Å². The smallest absolute Gasteiger partial charge is 0.317 e. The maximum absolute atomic E-state index is 12.5. The summed E-state index contributed by atoms with van der Waals surface area (Å²) in [6, 6.07) is 11.9. The van der Waals surface area contributed by atoms with Crippen molar-refractivity contribution in [2.75, 3.05) is 27.9 Å². The number of ether oxygens (including phenoxy) is 3. The Kier molecular flexibility index (Phi) is 8.19. The molecule has 0 unspecified atom stereocenters. The molecule has 1 N–H and O–H groups in total. The van der Waals surface area contributed by atoms with Crippen molar-refractivity contribution in [2.24, 2.45) is 0 Å². The number of carbonyl (C=O) groups is 1. The van der Waals surface area contributed by atoms with E-state index in [-0.39, 0.29) is 6.03 Å². The topological polar surface area (TPSA) is 60.0 Å². The lowest BCUT2D eigenvalue weighted by Crippen LogP contribution is -2.36. The van der Waals surface area contributed by atoms with E-state index in [1.807, 2.05) is 19.1 Å². The molecule has 0 saturated carbocycles. The molecule has 0 fully saturated rings. The van der Waals surface area contributed by atoms with E-state index in [1.54, 1.807) is 26.2 Å². The lowest BCUT2D eigenvalue weighted by Gasteiger charge is -2.19. The second-order valence-corrected chi connectivity index (χ2v) is 7.17. The molecular weight excluding hydrogens is 368 g/mol. The first-order valence-electron chi connectivity index (χ1n) is 9.85. The third-order valence-corrected chi connectivity index (χ3v) is 4.67. The van der Waals surface area contributed by atoms with Crippen LogP contribution in [-0.4, -0.2) is 38.8 Å². The van der Waals surface area contributed by atoms with Crippen LogP contribution in [0.25, 0.3) is 0 Å². The number of amides is 2. The minimum Gasteiger partial charge on any atom is -0.493 e. The summed E-state index contributed by atoms with van der Waals surface area (Å²) in [5.41, 5.74) is 3.25. The highest BCUT2D eigenvalue weighted by Crippen LogP contribution is 2.38. The molecule has 2 aromatic rings. The second kappa shape index (κ2) is 10.6. The normalized spacial score (nSPS) is 10.6. The van der Waals surface area contributed by atoms with Crippen molar-refractivity contribution in [1.29, 1.82) is 0 Å². The zero-order chi connectivity index (χ0) is 21.4. The van der Waals surface area contributed by atoms with Gasteiger partial charge in [-0.1, -0.05) is 38.1 Å². The number of hydrogen-bond donors (Lipinski definition) is 1. The third kappa shape index (κ3) is 6.04. The van der Waals surface area contributed by atoms with Crippen LogP contribution in [0.2, 0.25) is 0 Å². The van der Waals surface area contributed by atoms with Crippen molar-refractivity contribution in [1.82, 2.24) is 10.2 Å². The van der Waals surface area contributed by atoms with Crippen LogP contribution >= 0.6 is 0 Å². The summed E-state index contributed by atoms with van der Waals surface area (Å²) in [7, 11) is 4.95. The summed E-state index contributed by atoms with van der Waals surface area (Å²) in [4.78, 5) is 14.2. The molecule has 0 bridgehead atoms. The molecule has 0 atom stereocenters. The van der Waals surface area contributed by atoms with Gasteiger partial charge in [0.25, 0.3) is 0 Å². The highest BCUT2D eigenvalue weighted by atomic mass is 16.5. The van der Waals surface area contributed by atoms with Crippen LogP contribution in [0.5, 0.6) is 17.2 Å². The fourth-order valence-electron chi connectivity index (χ4n) is 2.99. The van der Waals surface area contributed by atoms with Gasteiger partial charge in [0.2, 0.25) is 5.75 Å². The van der Waals surface area contributed by atoms with Crippen molar-refractivity contribution in [2.45, 2.75) is 39.8 Å². The summed E-state index contributed by atoms with van der Waals surface area (Å²) in [5, 5.41) is 2.94. The van der Waals surface area contributed by atoms with E-state index in [1.165, 1.54) is 5.56 Å². The Hall–Kier alpha value is -2.89. The third-order valence-electron chi connectivity index (χ3n) is 4.67. The number of nitrogens with one attached hydrogen (secondary N) is 1. The molecule has 6 nitrogen and oxygen atoms in total. The molecule has 0 heterocycles. The van der Waals surface area contributed by atoms with Crippen LogP contribution < -0.4 is 19.5 Å². The fraction of sp³-hybridized carbons (Fsp3) is 0.435. The number of hydrogen-bond acceptors (Lipinski definition) is 4. The van der Waals surface area contributed by atoms with Gasteiger partial charge < -0.3 is 24.4 Å². The van der Waals surface area contributed by atoms with Gasteiger partial charge in [-0.05, 0) is 41.7 Å². The molecule has 0 aromatic heterocycles. The molecule has 0 saturated heterocycles. The van der Waals surface area contributed by atoms with Gasteiger partial charge >= 0.3 is 6.03 Å². The standard InChI is InChI=1S/C23H32N2O4/c1-7-29-22-20(27-5)12-18(13-21(22)28-6)14-24-23(26)25(4)15-17-8-10-19(11-9-17)16(2)3/h8-13,16H,7,14-15H2,1-6H3,(H,24,26). The maximum Gasteiger partial charge on any atom is 0.317 e. The molecule has 158 valence electrons. The largest absolute Gasteiger partial charge is 0.493 e. The zero-order valence-electron chi connectivity index (χ0n) is 18.2. The SMILES string of the molecule is CCOc1c(OC)cc(CNC(=O)N(C)Cc2ccc(C(C)C)cc2)cc1OC. The number of rotatable bonds is 9. The van der Waals surface area contributed by atoms with Gasteiger partial charge in [-0.25, -0.2) is 4.79 Å². The van der Waals surface area contributed by atoms with Gasteiger partial charge in [-0.3, -0.25) is 0 Å². The Morgan fingerprint density at radius 1 is 1.03 bits per heavy atom. The van der Waals surface area contributed by atoms with Crippen molar-refractivity contribution in [3.05, 3.63) is 53.1 Å². The van der Waals surface area contributed by atoms with Crippen molar-refractivity contribution in [3.8, 4) is 17.2 Å². The number of benzene rings is 2. The maximum atomic E-state index is 12.5. The Bertz CT molecular complexity index is 778. The average Bonchev–Trinajstić information content (AvgIpc) is 2.72. The van der Waals surface area contributed by atoms with E-state index in [0.29, 0.717) is 42.9 Å². The summed E-state index contributed by atoms with van der Waals surface area (Å²) in [6.07, 6.45) is 0. The Labute approximate surface area is 173 Å². The van der Waals surface area contributed by atoms with Crippen molar-refractivity contribution < 1.29 is 19.0 Å². The molecule has 0 aliphatic rings. The highest BCUT2D eigenvalue weighted by Gasteiger charge is 2.15. The summed E-state index contributed by atoms with van der Waals surface area (Å²) in [5.74, 6) is 2.21. The van der Waals surface area contributed by atoms with E-state index in [2.05, 4.69) is 43.4 Å². The summed E-state index contributed by atoms with van der Waals surface area (Å²) >= 11 is 0. The van der Waals surface area contributed by atoms with Gasteiger partial charge in [-0.15, -0.1) is 0 Å². The number of urea groups is 1. The first kappa shape index (κ1) is 22.4. The lowest BCUT2D eigenvalue weighted by atomic mass is 10.0. The molecular formula is C23H32N2O4. The Balaban J connectivity index is 2.00. The Morgan fingerprint density at radius 2 is 1.62 bits per heavy atom. The Morgan fingerprint density at radius 3 is 2.10 bits per heavy atom. The predicted octanol–water partition coefficient (Wildman–Crippen LogP) is 4.57. The monoisotopic (exact) mass is 400 g/mol. The summed E-state index contributed by atoms with van der Waals surface area (Å²) < 4.78 is 16.4. The molecule has 2 amide bonds. The lowest BCUT2D eigenvalue weighted by molar-refractivity contribution is 0.206. The minimum absolute atomic E-state index is 0.148. The van der Waals surface area contributed by atoms with Crippen molar-refractivity contribution >= 4 is 6.03 Å². The van der Waals surface area contributed by atoms with Gasteiger partial charge in [0, 0.05) is 20.1 Å². The summed E-state index contributed by atoms with van der Waals surface area (Å²) in [6.45, 7) is 7.64. The molecule has 0 aliphatic carbocycles. The van der Waals surface area contributed by atoms with Gasteiger partial charge in [0.05, 0.1) is 20.8 Å². The van der Waals surface area contributed by atoms with Crippen LogP contribution in [-0.2, 0) is 13.1 Å². The van der Waals surface area contributed by atoms with Gasteiger partial charge in [0.15, 0.2) is 11.5 Å². The van der Waals surface area contributed by atoms with Crippen molar-refractivity contribution in [3.63, 3.8) is 0 Å². The van der Waals surface area contributed by atoms with Crippen LogP contribution in [0.3, 0.4) is 0 Å². The number of nitrogens with zero attached hydrogens (tertiary/aromatic N) is 1. The fourth-order valence-corrected chi connectivity index (χ4v) is 2.99. The molecule has 2 aromatic carbocycles. The number of carbonyl (C=O) groups excluding carboxylic acids is 1. The molecule has 0 aliphatic heterocycles. The second-order valence-electron chi connectivity index (χ2n) is 7.17. The average molecular weight is 401 g/mol. The van der Waals surface area contributed by atoms with Gasteiger partial charge in [-0.2, -0.15) is 0 Å². The van der Waals surface area contributed by atoms with Crippen LogP contribution in [0, 0.1) is 0 Å². The van der Waals surface area contributed by atoms with Crippen LogP contribution in [0.15, 0.2) is 36.4 Å². The number of methoxy groups -OCH3 is 2. The quantitative estimate of drug-likeness (QED) is 0.670.